The van der Waals surface area contributed by atoms with Crippen molar-refractivity contribution < 1.29 is 23.8 Å². The minimum atomic E-state index is -1.06. The number of halogens is 1. The number of hydrogen-bond acceptors (Lipinski definition) is 6. The average molecular weight is 372 g/mol. The van der Waals surface area contributed by atoms with Crippen molar-refractivity contribution >= 4 is 29.2 Å². The van der Waals surface area contributed by atoms with Gasteiger partial charge in [0.15, 0.2) is 17.4 Å². The van der Waals surface area contributed by atoms with Gasteiger partial charge in [0.2, 0.25) is 0 Å². The predicted octanol–water partition coefficient (Wildman–Crippen LogP) is 1.02. The smallest absolute Gasteiger partial charge is 0.346 e. The first-order chi connectivity index (χ1) is 12.8. The van der Waals surface area contributed by atoms with E-state index in [0.717, 1.165) is 6.07 Å². The number of carboxylic acids is 1. The van der Waals surface area contributed by atoms with Crippen LogP contribution in [0.3, 0.4) is 0 Å². The number of benzene rings is 1. The number of carbonyl (C=O) groups is 2. The summed E-state index contributed by atoms with van der Waals surface area (Å²) in [6, 6.07) is 6.34. The van der Waals surface area contributed by atoms with Crippen LogP contribution in [0.25, 0.3) is 5.65 Å². The SMILES string of the molecule is N=C(N)Nc1ccc(C(=O)Oc2ccc(CC(=O)O)n3ncnc23)c(F)c1. The molecule has 0 atom stereocenters. The number of carbonyl (C=O) groups excluding carboxylic acids is 1. The molecule has 0 radical (unpaired) electrons. The molecule has 11 heteroatoms. The summed E-state index contributed by atoms with van der Waals surface area (Å²) in [4.78, 5) is 27.1. The van der Waals surface area contributed by atoms with Crippen LogP contribution in [0.1, 0.15) is 16.1 Å². The van der Waals surface area contributed by atoms with Gasteiger partial charge >= 0.3 is 11.9 Å². The van der Waals surface area contributed by atoms with E-state index in [9.17, 15) is 14.0 Å². The number of fused-ring (bicyclic) bond motifs is 1. The highest BCUT2D eigenvalue weighted by Crippen LogP contribution is 2.22. The van der Waals surface area contributed by atoms with E-state index in [1.807, 2.05) is 0 Å². The summed E-state index contributed by atoms with van der Waals surface area (Å²) in [7, 11) is 0. The number of carboxylic acid groups (broad SMARTS) is 1. The van der Waals surface area contributed by atoms with E-state index in [1.54, 1.807) is 0 Å². The number of ether oxygens (including phenoxy) is 1. The van der Waals surface area contributed by atoms with Crippen molar-refractivity contribution in [2.75, 3.05) is 5.32 Å². The van der Waals surface area contributed by atoms with Gasteiger partial charge in [-0.15, -0.1) is 0 Å². The lowest BCUT2D eigenvalue weighted by molar-refractivity contribution is -0.136. The van der Waals surface area contributed by atoms with Crippen LogP contribution in [0.15, 0.2) is 36.7 Å². The van der Waals surface area contributed by atoms with Gasteiger partial charge < -0.3 is 20.9 Å². The van der Waals surface area contributed by atoms with Crippen LogP contribution in [-0.4, -0.2) is 37.6 Å². The molecule has 3 rings (SSSR count). The normalized spacial score (nSPS) is 10.6. The van der Waals surface area contributed by atoms with E-state index in [-0.39, 0.29) is 35.0 Å². The molecule has 5 N–H and O–H groups in total. The van der Waals surface area contributed by atoms with E-state index in [0.29, 0.717) is 5.69 Å². The number of pyridine rings is 1. The van der Waals surface area contributed by atoms with Crippen molar-refractivity contribution in [1.29, 1.82) is 5.41 Å². The Bertz CT molecular complexity index is 1060. The second kappa shape index (κ2) is 7.07. The first-order valence-corrected chi connectivity index (χ1v) is 7.51. The summed E-state index contributed by atoms with van der Waals surface area (Å²) >= 11 is 0. The van der Waals surface area contributed by atoms with Crippen LogP contribution in [0.2, 0.25) is 0 Å². The molecule has 27 heavy (non-hydrogen) atoms. The van der Waals surface area contributed by atoms with Crippen LogP contribution in [0.4, 0.5) is 10.1 Å². The van der Waals surface area contributed by atoms with Gasteiger partial charge in [-0.1, -0.05) is 0 Å². The molecule has 0 aliphatic heterocycles. The minimum Gasteiger partial charge on any atom is -0.481 e. The first-order valence-electron chi connectivity index (χ1n) is 7.51. The fourth-order valence-corrected chi connectivity index (χ4v) is 2.37. The predicted molar refractivity (Wildman–Crippen MR) is 91.2 cm³/mol. The number of rotatable bonds is 5. The van der Waals surface area contributed by atoms with Crippen molar-refractivity contribution in [3.8, 4) is 5.75 Å². The third-order valence-electron chi connectivity index (χ3n) is 3.47. The van der Waals surface area contributed by atoms with Crippen molar-refractivity contribution in [3.63, 3.8) is 0 Å². The summed E-state index contributed by atoms with van der Waals surface area (Å²) in [5.74, 6) is -3.28. The Hall–Kier alpha value is -4.02. The molecule has 0 saturated carbocycles. The van der Waals surface area contributed by atoms with Gasteiger partial charge in [0.05, 0.1) is 17.7 Å². The fraction of sp³-hybridized carbons (Fsp3) is 0.0625. The molecule has 10 nitrogen and oxygen atoms in total. The van der Waals surface area contributed by atoms with Crippen molar-refractivity contribution in [3.05, 3.63) is 53.7 Å². The number of aliphatic carboxylic acids is 1. The van der Waals surface area contributed by atoms with E-state index in [2.05, 4.69) is 15.4 Å². The molecule has 2 heterocycles. The Kier molecular flexibility index (Phi) is 4.66. The fourth-order valence-electron chi connectivity index (χ4n) is 2.37. The number of guanidine groups is 1. The molecule has 0 unspecified atom stereocenters. The minimum absolute atomic E-state index is 0.00280. The molecule has 0 aliphatic carbocycles. The molecule has 0 aliphatic rings. The number of nitrogens with two attached hydrogens (primary N) is 1. The number of nitrogens with zero attached hydrogens (tertiary/aromatic N) is 3. The van der Waals surface area contributed by atoms with Gasteiger partial charge in [0.25, 0.3) is 0 Å². The summed E-state index contributed by atoms with van der Waals surface area (Å²) < 4.78 is 20.6. The van der Waals surface area contributed by atoms with Gasteiger partial charge in [0.1, 0.15) is 12.1 Å². The molecular formula is C16H13FN6O4. The topological polar surface area (TPSA) is 156 Å². The average Bonchev–Trinajstić information content (AvgIpc) is 3.06. The molecule has 3 aromatic rings. The van der Waals surface area contributed by atoms with E-state index < -0.39 is 17.8 Å². The van der Waals surface area contributed by atoms with Gasteiger partial charge in [-0.3, -0.25) is 10.2 Å². The summed E-state index contributed by atoms with van der Waals surface area (Å²) in [5, 5.41) is 22.3. The number of nitrogens with one attached hydrogen (secondary N) is 2. The Morgan fingerprint density at radius 2 is 2.11 bits per heavy atom. The third-order valence-corrected chi connectivity index (χ3v) is 3.47. The van der Waals surface area contributed by atoms with Crippen LogP contribution < -0.4 is 15.8 Å². The van der Waals surface area contributed by atoms with Crippen LogP contribution in [-0.2, 0) is 11.2 Å². The van der Waals surface area contributed by atoms with Gasteiger partial charge in [0, 0.05) is 5.69 Å². The highest BCUT2D eigenvalue weighted by atomic mass is 19.1. The van der Waals surface area contributed by atoms with E-state index >= 15 is 0 Å². The van der Waals surface area contributed by atoms with Crippen LogP contribution in [0.5, 0.6) is 5.75 Å². The van der Waals surface area contributed by atoms with Gasteiger partial charge in [-0.25, -0.2) is 18.7 Å². The van der Waals surface area contributed by atoms with Crippen molar-refractivity contribution in [2.45, 2.75) is 6.42 Å². The third kappa shape index (κ3) is 3.81. The van der Waals surface area contributed by atoms with E-state index in [4.69, 9.17) is 21.0 Å². The first kappa shape index (κ1) is 17.8. The maximum Gasteiger partial charge on any atom is 0.346 e. The maximum absolute atomic E-state index is 14.2. The second-order valence-electron chi connectivity index (χ2n) is 5.38. The lowest BCUT2D eigenvalue weighted by Gasteiger charge is -2.09. The lowest BCUT2D eigenvalue weighted by Crippen LogP contribution is -2.20. The molecule has 0 saturated heterocycles. The van der Waals surface area contributed by atoms with Gasteiger partial charge in [-0.05, 0) is 30.3 Å². The molecule has 0 spiro atoms. The highest BCUT2D eigenvalue weighted by molar-refractivity contribution is 5.94. The standard InChI is InChI=1S/C16H13FN6O4/c17-11-5-8(22-16(18)19)1-3-10(11)15(26)27-12-4-2-9(6-13(24)25)23-14(12)20-7-21-23/h1-5,7H,6H2,(H,24,25)(H4,18,19,22). The Labute approximate surface area is 150 Å². The Balaban J connectivity index is 1.87. The van der Waals surface area contributed by atoms with Crippen LogP contribution >= 0.6 is 0 Å². The summed E-state index contributed by atoms with van der Waals surface area (Å²) in [6.07, 6.45) is 0.883. The molecule has 0 amide bonds. The largest absolute Gasteiger partial charge is 0.481 e. The van der Waals surface area contributed by atoms with Gasteiger partial charge in [-0.2, -0.15) is 5.10 Å². The van der Waals surface area contributed by atoms with Crippen molar-refractivity contribution in [2.24, 2.45) is 5.73 Å². The molecule has 0 bridgehead atoms. The summed E-state index contributed by atoms with van der Waals surface area (Å²) in [6.45, 7) is 0. The number of esters is 1. The molecule has 1 aromatic carbocycles. The van der Waals surface area contributed by atoms with Crippen molar-refractivity contribution in [1.82, 2.24) is 14.6 Å². The second-order valence-corrected chi connectivity index (χ2v) is 5.38. The molecule has 2 aromatic heterocycles. The summed E-state index contributed by atoms with van der Waals surface area (Å²) in [5.41, 5.74) is 5.49. The highest BCUT2D eigenvalue weighted by Gasteiger charge is 2.18. The Morgan fingerprint density at radius 1 is 1.33 bits per heavy atom. The molecule has 0 fully saturated rings. The zero-order valence-corrected chi connectivity index (χ0v) is 13.6. The molecule has 138 valence electrons. The van der Waals surface area contributed by atoms with E-state index in [1.165, 1.54) is 35.1 Å². The molecular weight excluding hydrogens is 359 g/mol. The lowest BCUT2D eigenvalue weighted by atomic mass is 10.2. The number of anilines is 1. The zero-order valence-electron chi connectivity index (χ0n) is 13.6. The Morgan fingerprint density at radius 3 is 2.78 bits per heavy atom. The zero-order chi connectivity index (χ0) is 19.6. The maximum atomic E-state index is 14.2. The van der Waals surface area contributed by atoms with Crippen LogP contribution in [0, 0.1) is 11.2 Å². The number of hydrogen-bond donors (Lipinski definition) is 4. The quantitative estimate of drug-likeness (QED) is 0.294. The number of aromatic nitrogens is 3. The monoisotopic (exact) mass is 372 g/mol.